The predicted octanol–water partition coefficient (Wildman–Crippen LogP) is 2.17. The molecule has 0 unspecified atom stereocenters. The van der Waals surface area contributed by atoms with Crippen LogP contribution in [0.15, 0.2) is 12.1 Å². The molecule has 0 saturated carbocycles. The van der Waals surface area contributed by atoms with Crippen LogP contribution in [0.4, 0.5) is 5.69 Å². The van der Waals surface area contributed by atoms with Crippen molar-refractivity contribution in [2.24, 2.45) is 5.73 Å². The van der Waals surface area contributed by atoms with E-state index >= 15 is 0 Å². The number of nitrogens with two attached hydrogens (primary N) is 2. The van der Waals surface area contributed by atoms with Crippen LogP contribution in [0, 0.1) is 0 Å². The highest BCUT2D eigenvalue weighted by molar-refractivity contribution is 5.56. The molecule has 0 fully saturated rings. The fourth-order valence-electron chi connectivity index (χ4n) is 2.33. The van der Waals surface area contributed by atoms with E-state index in [0.717, 1.165) is 24.9 Å². The van der Waals surface area contributed by atoms with E-state index in [1.807, 2.05) is 6.07 Å². The summed E-state index contributed by atoms with van der Waals surface area (Å²) in [7, 11) is 0. The van der Waals surface area contributed by atoms with Crippen LogP contribution in [0.25, 0.3) is 0 Å². The van der Waals surface area contributed by atoms with Gasteiger partial charge in [0.05, 0.1) is 0 Å². The lowest BCUT2D eigenvalue weighted by Crippen LogP contribution is -2.12. The highest BCUT2D eigenvalue weighted by Crippen LogP contribution is 2.33. The number of hydrogen-bond donors (Lipinski definition) is 2. The van der Waals surface area contributed by atoms with E-state index in [9.17, 15) is 0 Å². The molecule has 1 atom stereocenters. The molecule has 4 N–H and O–H groups in total. The SMILES string of the molecule is CC[C@H](N)c1ccc(N)c2c1CCC2. The first kappa shape index (κ1) is 9.53. The maximum atomic E-state index is 6.08. The molecular formula is C12H18N2. The van der Waals surface area contributed by atoms with Crippen LogP contribution in [0.1, 0.15) is 42.5 Å². The fourth-order valence-corrected chi connectivity index (χ4v) is 2.33. The van der Waals surface area contributed by atoms with Gasteiger partial charge in [0.15, 0.2) is 0 Å². The fraction of sp³-hybridized carbons (Fsp3) is 0.500. The molecule has 0 aromatic heterocycles. The van der Waals surface area contributed by atoms with Crippen LogP contribution in [0.2, 0.25) is 0 Å². The first-order valence-corrected chi connectivity index (χ1v) is 5.39. The summed E-state index contributed by atoms with van der Waals surface area (Å²) in [5.74, 6) is 0. The van der Waals surface area contributed by atoms with Gasteiger partial charge in [-0.25, -0.2) is 0 Å². The third kappa shape index (κ3) is 1.40. The van der Waals surface area contributed by atoms with Crippen molar-refractivity contribution in [3.63, 3.8) is 0 Å². The lowest BCUT2D eigenvalue weighted by Gasteiger charge is -2.15. The average molecular weight is 190 g/mol. The Labute approximate surface area is 85.3 Å². The van der Waals surface area contributed by atoms with Crippen molar-refractivity contribution in [2.45, 2.75) is 38.6 Å². The summed E-state index contributed by atoms with van der Waals surface area (Å²) in [5.41, 5.74) is 17.1. The Bertz CT molecular complexity index is 344. The summed E-state index contributed by atoms with van der Waals surface area (Å²) in [6.45, 7) is 2.13. The maximum absolute atomic E-state index is 6.08. The number of hydrogen-bond acceptors (Lipinski definition) is 2. The Morgan fingerprint density at radius 3 is 2.71 bits per heavy atom. The minimum Gasteiger partial charge on any atom is -0.398 e. The summed E-state index contributed by atoms with van der Waals surface area (Å²) in [5, 5.41) is 0. The van der Waals surface area contributed by atoms with Gasteiger partial charge in [-0.3, -0.25) is 0 Å². The van der Waals surface area contributed by atoms with E-state index < -0.39 is 0 Å². The van der Waals surface area contributed by atoms with E-state index in [1.54, 1.807) is 0 Å². The van der Waals surface area contributed by atoms with Crippen molar-refractivity contribution >= 4 is 5.69 Å². The topological polar surface area (TPSA) is 52.0 Å². The Morgan fingerprint density at radius 2 is 2.00 bits per heavy atom. The average Bonchev–Trinajstić information content (AvgIpc) is 2.67. The molecule has 2 rings (SSSR count). The van der Waals surface area contributed by atoms with Crippen LogP contribution in [-0.2, 0) is 12.8 Å². The summed E-state index contributed by atoms with van der Waals surface area (Å²) in [4.78, 5) is 0. The monoisotopic (exact) mass is 190 g/mol. The molecule has 1 aromatic rings. The van der Waals surface area contributed by atoms with Crippen molar-refractivity contribution in [2.75, 3.05) is 5.73 Å². The Kier molecular flexibility index (Phi) is 2.46. The van der Waals surface area contributed by atoms with Crippen LogP contribution >= 0.6 is 0 Å². The van der Waals surface area contributed by atoms with Crippen LogP contribution < -0.4 is 11.5 Å². The quantitative estimate of drug-likeness (QED) is 0.702. The number of nitrogen functional groups attached to an aromatic ring is 1. The summed E-state index contributed by atoms with van der Waals surface area (Å²) < 4.78 is 0. The van der Waals surface area contributed by atoms with Crippen LogP contribution in [-0.4, -0.2) is 0 Å². The Balaban J connectivity index is 2.48. The molecule has 0 saturated heterocycles. The largest absolute Gasteiger partial charge is 0.398 e. The lowest BCUT2D eigenvalue weighted by atomic mass is 9.95. The Hall–Kier alpha value is -1.02. The summed E-state index contributed by atoms with van der Waals surface area (Å²) in [6, 6.07) is 4.30. The molecule has 1 aliphatic rings. The third-order valence-electron chi connectivity index (χ3n) is 3.20. The van der Waals surface area contributed by atoms with E-state index in [2.05, 4.69) is 13.0 Å². The third-order valence-corrected chi connectivity index (χ3v) is 3.20. The van der Waals surface area contributed by atoms with Crippen molar-refractivity contribution in [1.29, 1.82) is 0 Å². The van der Waals surface area contributed by atoms with Gasteiger partial charge in [0.2, 0.25) is 0 Å². The molecule has 0 aliphatic heterocycles. The molecule has 0 spiro atoms. The molecule has 1 aliphatic carbocycles. The van der Waals surface area contributed by atoms with Gasteiger partial charge in [-0.1, -0.05) is 13.0 Å². The van der Waals surface area contributed by atoms with Gasteiger partial charge in [-0.15, -0.1) is 0 Å². The highest BCUT2D eigenvalue weighted by Gasteiger charge is 2.19. The van der Waals surface area contributed by atoms with E-state index in [1.165, 1.54) is 23.1 Å². The second-order valence-electron chi connectivity index (χ2n) is 4.07. The van der Waals surface area contributed by atoms with E-state index in [4.69, 9.17) is 11.5 Å². The van der Waals surface area contributed by atoms with Gasteiger partial charge in [0, 0.05) is 11.7 Å². The van der Waals surface area contributed by atoms with Crippen molar-refractivity contribution < 1.29 is 0 Å². The second kappa shape index (κ2) is 3.62. The zero-order chi connectivity index (χ0) is 10.1. The summed E-state index contributed by atoms with van der Waals surface area (Å²) in [6.07, 6.45) is 4.51. The first-order valence-electron chi connectivity index (χ1n) is 5.39. The van der Waals surface area contributed by atoms with Gasteiger partial charge in [0.1, 0.15) is 0 Å². The lowest BCUT2D eigenvalue weighted by molar-refractivity contribution is 0.690. The molecule has 1 aromatic carbocycles. The molecule has 14 heavy (non-hydrogen) atoms. The summed E-state index contributed by atoms with van der Waals surface area (Å²) >= 11 is 0. The molecule has 0 radical (unpaired) electrons. The van der Waals surface area contributed by atoms with E-state index in [-0.39, 0.29) is 6.04 Å². The van der Waals surface area contributed by atoms with Gasteiger partial charge >= 0.3 is 0 Å². The molecule has 2 heteroatoms. The smallest absolute Gasteiger partial charge is 0.0349 e. The number of anilines is 1. The van der Waals surface area contributed by atoms with Gasteiger partial charge in [-0.05, 0) is 48.4 Å². The maximum Gasteiger partial charge on any atom is 0.0349 e. The normalized spacial score (nSPS) is 16.7. The van der Waals surface area contributed by atoms with Crippen LogP contribution in [0.3, 0.4) is 0 Å². The molecule has 2 nitrogen and oxygen atoms in total. The minimum absolute atomic E-state index is 0.183. The molecule has 0 heterocycles. The number of benzene rings is 1. The molecule has 0 bridgehead atoms. The molecule has 76 valence electrons. The van der Waals surface area contributed by atoms with Crippen molar-refractivity contribution in [1.82, 2.24) is 0 Å². The van der Waals surface area contributed by atoms with Crippen molar-refractivity contribution in [3.8, 4) is 0 Å². The predicted molar refractivity (Wildman–Crippen MR) is 60.1 cm³/mol. The minimum atomic E-state index is 0.183. The van der Waals surface area contributed by atoms with Crippen molar-refractivity contribution in [3.05, 3.63) is 28.8 Å². The highest BCUT2D eigenvalue weighted by atomic mass is 14.6. The van der Waals surface area contributed by atoms with Gasteiger partial charge in [0.25, 0.3) is 0 Å². The second-order valence-corrected chi connectivity index (χ2v) is 4.07. The Morgan fingerprint density at radius 1 is 1.29 bits per heavy atom. The first-order chi connectivity index (χ1) is 6.74. The molecule has 0 amide bonds. The standard InChI is InChI=1S/C12H18N2/c1-2-11(13)10-6-7-12(14)9-5-3-4-8(9)10/h6-7,11H,2-5,13-14H2,1H3/t11-/m0/s1. The van der Waals surface area contributed by atoms with E-state index in [0.29, 0.717) is 0 Å². The molecular weight excluding hydrogens is 172 g/mol. The number of fused-ring (bicyclic) bond motifs is 1. The zero-order valence-electron chi connectivity index (χ0n) is 8.72. The number of rotatable bonds is 2. The van der Waals surface area contributed by atoms with Gasteiger partial charge in [-0.2, -0.15) is 0 Å². The zero-order valence-corrected chi connectivity index (χ0v) is 8.72. The van der Waals surface area contributed by atoms with Crippen LogP contribution in [0.5, 0.6) is 0 Å². The van der Waals surface area contributed by atoms with Gasteiger partial charge < -0.3 is 11.5 Å².